The van der Waals surface area contributed by atoms with Crippen LogP contribution in [0.2, 0.25) is 0 Å². The summed E-state index contributed by atoms with van der Waals surface area (Å²) in [7, 11) is 0. The lowest BCUT2D eigenvalue weighted by atomic mass is 10.2. The van der Waals surface area contributed by atoms with Crippen molar-refractivity contribution in [1.82, 2.24) is 10.2 Å². The van der Waals surface area contributed by atoms with Gasteiger partial charge in [0.05, 0.1) is 17.8 Å². The normalized spacial score (nSPS) is 14.9. The van der Waals surface area contributed by atoms with Gasteiger partial charge in [-0.05, 0) is 13.0 Å². The third-order valence-electron chi connectivity index (χ3n) is 2.50. The summed E-state index contributed by atoms with van der Waals surface area (Å²) in [5, 5.41) is 18.8. The molecular formula is C12H14N2OS. The van der Waals surface area contributed by atoms with Gasteiger partial charge in [-0.3, -0.25) is 0 Å². The van der Waals surface area contributed by atoms with E-state index in [0.717, 1.165) is 15.8 Å². The highest BCUT2D eigenvalue weighted by Crippen LogP contribution is 2.30. The molecule has 4 heteroatoms. The summed E-state index contributed by atoms with van der Waals surface area (Å²) in [6.45, 7) is 3.80. The Kier molecular flexibility index (Phi) is 3.41. The molecule has 2 atom stereocenters. The summed E-state index contributed by atoms with van der Waals surface area (Å²) in [6, 6.07) is 7.91. The highest BCUT2D eigenvalue weighted by Gasteiger charge is 2.12. The highest BCUT2D eigenvalue weighted by molar-refractivity contribution is 8.00. The second-order valence-corrected chi connectivity index (χ2v) is 5.21. The van der Waals surface area contributed by atoms with Crippen LogP contribution in [-0.2, 0) is 0 Å². The maximum atomic E-state index is 9.50. The van der Waals surface area contributed by atoms with Crippen molar-refractivity contribution >= 4 is 22.7 Å². The number of hydrogen-bond acceptors (Lipinski definition) is 4. The number of aromatic nitrogens is 2. The molecule has 0 radical (unpaired) electrons. The molecule has 0 aliphatic rings. The molecule has 0 spiro atoms. The van der Waals surface area contributed by atoms with Gasteiger partial charge in [-0.15, -0.1) is 11.8 Å². The van der Waals surface area contributed by atoms with Gasteiger partial charge in [-0.25, -0.2) is 0 Å². The van der Waals surface area contributed by atoms with Crippen LogP contribution in [0.3, 0.4) is 0 Å². The molecule has 2 aromatic rings. The molecule has 2 rings (SSSR count). The maximum absolute atomic E-state index is 9.50. The summed E-state index contributed by atoms with van der Waals surface area (Å²) in [5.41, 5.74) is 0.894. The van der Waals surface area contributed by atoms with Crippen LogP contribution in [0.1, 0.15) is 13.8 Å². The molecule has 0 amide bonds. The summed E-state index contributed by atoms with van der Waals surface area (Å²) < 4.78 is 0. The van der Waals surface area contributed by atoms with E-state index >= 15 is 0 Å². The SMILES string of the molecule is CC(O)C(C)Sc1cnnc2ccccc12. The minimum atomic E-state index is -0.336. The molecule has 0 bridgehead atoms. The number of rotatable bonds is 3. The molecule has 2 unspecified atom stereocenters. The van der Waals surface area contributed by atoms with E-state index in [1.807, 2.05) is 31.2 Å². The Morgan fingerprint density at radius 2 is 2.00 bits per heavy atom. The van der Waals surface area contributed by atoms with Crippen molar-refractivity contribution in [2.75, 3.05) is 0 Å². The first kappa shape index (κ1) is 11.4. The first-order valence-corrected chi connectivity index (χ1v) is 6.11. The van der Waals surface area contributed by atoms with Crippen LogP contribution in [0.15, 0.2) is 35.4 Å². The molecule has 1 N–H and O–H groups in total. The van der Waals surface area contributed by atoms with Crippen molar-refractivity contribution in [2.24, 2.45) is 0 Å². The van der Waals surface area contributed by atoms with Crippen LogP contribution in [0.5, 0.6) is 0 Å². The van der Waals surface area contributed by atoms with Gasteiger partial charge >= 0.3 is 0 Å². The number of benzene rings is 1. The molecule has 0 aliphatic carbocycles. The molecule has 1 aromatic carbocycles. The molecule has 1 aromatic heterocycles. The van der Waals surface area contributed by atoms with E-state index < -0.39 is 0 Å². The summed E-state index contributed by atoms with van der Waals surface area (Å²) in [6.07, 6.45) is 1.42. The van der Waals surface area contributed by atoms with Gasteiger partial charge in [0.1, 0.15) is 0 Å². The van der Waals surface area contributed by atoms with Crippen molar-refractivity contribution < 1.29 is 5.11 Å². The quantitative estimate of drug-likeness (QED) is 0.829. The Balaban J connectivity index is 2.37. The Labute approximate surface area is 98.9 Å². The van der Waals surface area contributed by atoms with Crippen LogP contribution >= 0.6 is 11.8 Å². The van der Waals surface area contributed by atoms with E-state index in [1.165, 1.54) is 0 Å². The number of aliphatic hydroxyl groups excluding tert-OH is 1. The predicted molar refractivity (Wildman–Crippen MR) is 66.5 cm³/mol. The summed E-state index contributed by atoms with van der Waals surface area (Å²) in [5.74, 6) is 0. The molecule has 0 saturated heterocycles. The first-order chi connectivity index (χ1) is 7.68. The average molecular weight is 234 g/mol. The van der Waals surface area contributed by atoms with Crippen LogP contribution in [-0.4, -0.2) is 26.7 Å². The molecule has 0 saturated carbocycles. The van der Waals surface area contributed by atoms with Crippen molar-refractivity contribution in [3.8, 4) is 0 Å². The fourth-order valence-corrected chi connectivity index (χ4v) is 2.38. The summed E-state index contributed by atoms with van der Waals surface area (Å²) >= 11 is 1.63. The highest BCUT2D eigenvalue weighted by atomic mass is 32.2. The van der Waals surface area contributed by atoms with Gasteiger partial charge < -0.3 is 5.11 Å². The zero-order valence-electron chi connectivity index (χ0n) is 9.29. The van der Waals surface area contributed by atoms with Gasteiger partial charge in [0.2, 0.25) is 0 Å². The van der Waals surface area contributed by atoms with Gasteiger partial charge in [-0.1, -0.05) is 25.1 Å². The molecule has 84 valence electrons. The van der Waals surface area contributed by atoms with Gasteiger partial charge in [0, 0.05) is 15.5 Å². The number of fused-ring (bicyclic) bond motifs is 1. The van der Waals surface area contributed by atoms with Gasteiger partial charge in [0.15, 0.2) is 0 Å². The monoisotopic (exact) mass is 234 g/mol. The lowest BCUT2D eigenvalue weighted by Gasteiger charge is -2.14. The van der Waals surface area contributed by atoms with E-state index in [9.17, 15) is 5.11 Å². The van der Waals surface area contributed by atoms with Crippen molar-refractivity contribution in [2.45, 2.75) is 30.1 Å². The molecule has 1 heterocycles. The van der Waals surface area contributed by atoms with Crippen molar-refractivity contribution in [3.05, 3.63) is 30.5 Å². The van der Waals surface area contributed by atoms with Crippen LogP contribution < -0.4 is 0 Å². The van der Waals surface area contributed by atoms with Crippen LogP contribution in [0.4, 0.5) is 0 Å². The predicted octanol–water partition coefficient (Wildman–Crippen LogP) is 2.49. The van der Waals surface area contributed by atoms with Gasteiger partial charge in [-0.2, -0.15) is 10.2 Å². The Morgan fingerprint density at radius 1 is 1.25 bits per heavy atom. The fraction of sp³-hybridized carbons (Fsp3) is 0.333. The van der Waals surface area contributed by atoms with E-state index in [-0.39, 0.29) is 11.4 Å². The number of hydrogen-bond donors (Lipinski definition) is 1. The largest absolute Gasteiger partial charge is 0.392 e. The minimum Gasteiger partial charge on any atom is -0.392 e. The first-order valence-electron chi connectivity index (χ1n) is 5.23. The Morgan fingerprint density at radius 3 is 2.75 bits per heavy atom. The topological polar surface area (TPSA) is 46.0 Å². The lowest BCUT2D eigenvalue weighted by molar-refractivity contribution is 0.196. The molecule has 0 aliphatic heterocycles. The van der Waals surface area contributed by atoms with E-state index in [0.29, 0.717) is 0 Å². The zero-order valence-corrected chi connectivity index (χ0v) is 10.1. The molecule has 3 nitrogen and oxygen atoms in total. The minimum absolute atomic E-state index is 0.146. The number of thioether (sulfide) groups is 1. The maximum Gasteiger partial charge on any atom is 0.0940 e. The molecule has 0 fully saturated rings. The van der Waals surface area contributed by atoms with Gasteiger partial charge in [0.25, 0.3) is 0 Å². The second-order valence-electron chi connectivity index (χ2n) is 3.79. The number of aliphatic hydroxyl groups is 1. The Hall–Kier alpha value is -1.13. The van der Waals surface area contributed by atoms with Crippen LogP contribution in [0.25, 0.3) is 10.9 Å². The second kappa shape index (κ2) is 4.80. The third kappa shape index (κ3) is 2.33. The van der Waals surface area contributed by atoms with E-state index in [2.05, 4.69) is 10.2 Å². The van der Waals surface area contributed by atoms with Crippen molar-refractivity contribution in [3.63, 3.8) is 0 Å². The van der Waals surface area contributed by atoms with Crippen molar-refractivity contribution in [1.29, 1.82) is 0 Å². The number of nitrogens with zero attached hydrogens (tertiary/aromatic N) is 2. The summed E-state index contributed by atoms with van der Waals surface area (Å²) in [4.78, 5) is 1.07. The fourth-order valence-electron chi connectivity index (χ4n) is 1.37. The van der Waals surface area contributed by atoms with E-state index in [1.54, 1.807) is 24.9 Å². The zero-order chi connectivity index (χ0) is 11.5. The third-order valence-corrected chi connectivity index (χ3v) is 3.85. The average Bonchev–Trinajstić information content (AvgIpc) is 2.29. The smallest absolute Gasteiger partial charge is 0.0940 e. The van der Waals surface area contributed by atoms with Crippen LogP contribution in [0, 0.1) is 0 Å². The molecule has 16 heavy (non-hydrogen) atoms. The molecular weight excluding hydrogens is 220 g/mol. The standard InChI is InChI=1S/C12H14N2OS/c1-8(15)9(2)16-12-7-13-14-11-6-4-3-5-10(11)12/h3-9,15H,1-2H3. The Bertz CT molecular complexity index is 482. The van der Waals surface area contributed by atoms with E-state index in [4.69, 9.17) is 0 Å². The lowest BCUT2D eigenvalue weighted by Crippen LogP contribution is -2.14.